The number of thioether (sulfide) groups is 1. The average molecular weight is 433 g/mol. The van der Waals surface area contributed by atoms with Crippen LogP contribution in [0.5, 0.6) is 0 Å². The molecule has 3 heterocycles. The summed E-state index contributed by atoms with van der Waals surface area (Å²) < 4.78 is 26.8. The van der Waals surface area contributed by atoms with Crippen LogP contribution in [0, 0.1) is 5.82 Å². The molecule has 0 amide bonds. The molecule has 4 rings (SSSR count). The second kappa shape index (κ2) is 8.35. The summed E-state index contributed by atoms with van der Waals surface area (Å²) in [5, 5.41) is 13.4. The molecule has 1 atom stereocenters. The first kappa shape index (κ1) is 20.8. The van der Waals surface area contributed by atoms with Crippen molar-refractivity contribution in [3.63, 3.8) is 0 Å². The van der Waals surface area contributed by atoms with Crippen molar-refractivity contribution in [3.05, 3.63) is 41.8 Å². The standard InChI is InChI=1S/C20H25FN6O2S/c1-13(16-22-17(25-29-16)20(2,3)4)30-19-24-23-18(26-8-10-28-11-9-26)27(19)15-7-5-6-14(21)12-15/h5-7,12-13H,8-11H2,1-4H3. The molecule has 0 saturated carbocycles. The first-order valence-electron chi connectivity index (χ1n) is 9.88. The van der Waals surface area contributed by atoms with Gasteiger partial charge in [-0.15, -0.1) is 10.2 Å². The fraction of sp³-hybridized carbons (Fsp3) is 0.500. The van der Waals surface area contributed by atoms with Gasteiger partial charge in [0, 0.05) is 18.5 Å². The Morgan fingerprint density at radius 3 is 2.60 bits per heavy atom. The van der Waals surface area contributed by atoms with E-state index in [9.17, 15) is 4.39 Å². The maximum atomic E-state index is 14.0. The van der Waals surface area contributed by atoms with Crippen molar-refractivity contribution in [2.24, 2.45) is 0 Å². The van der Waals surface area contributed by atoms with Crippen molar-refractivity contribution < 1.29 is 13.7 Å². The van der Waals surface area contributed by atoms with Crippen molar-refractivity contribution in [2.45, 2.75) is 43.5 Å². The smallest absolute Gasteiger partial charge is 0.239 e. The van der Waals surface area contributed by atoms with Crippen LogP contribution >= 0.6 is 11.8 Å². The molecule has 1 unspecified atom stereocenters. The topological polar surface area (TPSA) is 82.1 Å². The molecule has 1 fully saturated rings. The van der Waals surface area contributed by atoms with Crippen molar-refractivity contribution in [2.75, 3.05) is 31.2 Å². The summed E-state index contributed by atoms with van der Waals surface area (Å²) in [6, 6.07) is 6.42. The van der Waals surface area contributed by atoms with Gasteiger partial charge in [0.15, 0.2) is 11.0 Å². The van der Waals surface area contributed by atoms with E-state index in [1.54, 1.807) is 6.07 Å². The molecule has 1 saturated heterocycles. The zero-order chi connectivity index (χ0) is 21.3. The monoisotopic (exact) mass is 432 g/mol. The summed E-state index contributed by atoms with van der Waals surface area (Å²) in [6.45, 7) is 10.7. The van der Waals surface area contributed by atoms with Gasteiger partial charge in [-0.2, -0.15) is 4.98 Å². The third-order valence-corrected chi connectivity index (χ3v) is 5.75. The molecule has 8 nitrogen and oxygen atoms in total. The molecule has 30 heavy (non-hydrogen) atoms. The number of benzene rings is 1. The zero-order valence-electron chi connectivity index (χ0n) is 17.5. The van der Waals surface area contributed by atoms with Gasteiger partial charge >= 0.3 is 0 Å². The van der Waals surface area contributed by atoms with Gasteiger partial charge in [-0.25, -0.2) is 4.39 Å². The highest BCUT2D eigenvalue weighted by Crippen LogP contribution is 2.37. The molecule has 3 aromatic rings. The van der Waals surface area contributed by atoms with Crippen LogP contribution in [0.2, 0.25) is 0 Å². The normalized spacial score (nSPS) is 16.1. The minimum atomic E-state index is -0.315. The molecule has 1 aliphatic heterocycles. The summed E-state index contributed by atoms with van der Waals surface area (Å²) in [6.07, 6.45) is 0. The molecule has 2 aromatic heterocycles. The number of halogens is 1. The lowest BCUT2D eigenvalue weighted by molar-refractivity contribution is 0.122. The first-order valence-corrected chi connectivity index (χ1v) is 10.8. The Balaban J connectivity index is 1.67. The van der Waals surface area contributed by atoms with Crippen molar-refractivity contribution in [1.82, 2.24) is 24.9 Å². The largest absolute Gasteiger partial charge is 0.378 e. The van der Waals surface area contributed by atoms with Gasteiger partial charge in [0.1, 0.15) is 5.82 Å². The number of hydrogen-bond donors (Lipinski definition) is 0. The lowest BCUT2D eigenvalue weighted by atomic mass is 9.96. The molecule has 0 N–H and O–H groups in total. The molecule has 10 heteroatoms. The van der Waals surface area contributed by atoms with Crippen LogP contribution in [0.1, 0.15) is 44.7 Å². The number of anilines is 1. The summed E-state index contributed by atoms with van der Waals surface area (Å²) >= 11 is 1.45. The lowest BCUT2D eigenvalue weighted by Gasteiger charge is -2.28. The van der Waals surface area contributed by atoms with E-state index in [-0.39, 0.29) is 16.5 Å². The van der Waals surface area contributed by atoms with Gasteiger partial charge in [-0.05, 0) is 25.1 Å². The van der Waals surface area contributed by atoms with Crippen LogP contribution in [0.3, 0.4) is 0 Å². The maximum Gasteiger partial charge on any atom is 0.239 e. The van der Waals surface area contributed by atoms with E-state index >= 15 is 0 Å². The Labute approximate surface area is 178 Å². The quantitative estimate of drug-likeness (QED) is 0.564. The summed E-state index contributed by atoms with van der Waals surface area (Å²) in [7, 11) is 0. The molecule has 0 spiro atoms. The number of morpholine rings is 1. The van der Waals surface area contributed by atoms with Gasteiger partial charge in [-0.3, -0.25) is 4.57 Å². The second-order valence-corrected chi connectivity index (χ2v) is 9.47. The van der Waals surface area contributed by atoms with Crippen LogP contribution in [0.25, 0.3) is 5.69 Å². The molecule has 1 aromatic carbocycles. The van der Waals surface area contributed by atoms with E-state index in [2.05, 4.69) is 25.2 Å². The van der Waals surface area contributed by atoms with Crippen molar-refractivity contribution >= 4 is 17.7 Å². The number of aromatic nitrogens is 5. The van der Waals surface area contributed by atoms with E-state index in [1.807, 2.05) is 38.3 Å². The summed E-state index contributed by atoms with van der Waals surface area (Å²) in [5.74, 6) is 1.53. The Morgan fingerprint density at radius 1 is 1.17 bits per heavy atom. The number of ether oxygens (including phenoxy) is 1. The Kier molecular flexibility index (Phi) is 5.79. The van der Waals surface area contributed by atoms with Crippen molar-refractivity contribution in [1.29, 1.82) is 0 Å². The summed E-state index contributed by atoms with van der Waals surface area (Å²) in [5.41, 5.74) is 0.467. The van der Waals surface area contributed by atoms with Crippen LogP contribution < -0.4 is 4.90 Å². The van der Waals surface area contributed by atoms with Crippen LogP contribution in [-0.2, 0) is 10.2 Å². The predicted molar refractivity (Wildman–Crippen MR) is 112 cm³/mol. The number of nitrogens with zero attached hydrogens (tertiary/aromatic N) is 6. The lowest BCUT2D eigenvalue weighted by Crippen LogP contribution is -2.37. The van der Waals surface area contributed by atoms with E-state index in [1.165, 1.54) is 23.9 Å². The van der Waals surface area contributed by atoms with Gasteiger partial charge in [-0.1, -0.05) is 43.8 Å². The third-order valence-electron chi connectivity index (χ3n) is 4.72. The first-order chi connectivity index (χ1) is 14.3. The highest BCUT2D eigenvalue weighted by molar-refractivity contribution is 7.99. The molecular weight excluding hydrogens is 407 g/mol. The average Bonchev–Trinajstić information content (AvgIpc) is 3.36. The number of hydrogen-bond acceptors (Lipinski definition) is 8. The van der Waals surface area contributed by atoms with Crippen LogP contribution in [0.4, 0.5) is 10.3 Å². The van der Waals surface area contributed by atoms with Gasteiger partial charge in [0.25, 0.3) is 0 Å². The highest BCUT2D eigenvalue weighted by atomic mass is 32.2. The Bertz CT molecular complexity index is 1010. The second-order valence-electron chi connectivity index (χ2n) is 8.16. The minimum absolute atomic E-state index is 0.150. The fourth-order valence-electron chi connectivity index (χ4n) is 3.06. The zero-order valence-corrected chi connectivity index (χ0v) is 18.3. The Hall–Kier alpha value is -2.46. The molecule has 0 radical (unpaired) electrons. The molecule has 0 bridgehead atoms. The predicted octanol–water partition coefficient (Wildman–Crippen LogP) is 3.78. The van der Waals surface area contributed by atoms with Gasteiger partial charge in [0.2, 0.25) is 11.8 Å². The van der Waals surface area contributed by atoms with E-state index < -0.39 is 0 Å². The molecule has 1 aliphatic rings. The molecule has 0 aliphatic carbocycles. The van der Waals surface area contributed by atoms with E-state index in [0.29, 0.717) is 54.8 Å². The molecular formula is C20H25FN6O2S. The maximum absolute atomic E-state index is 14.0. The van der Waals surface area contributed by atoms with E-state index in [0.717, 1.165) is 0 Å². The number of rotatable bonds is 5. The third kappa shape index (κ3) is 4.34. The highest BCUT2D eigenvalue weighted by Gasteiger charge is 2.27. The van der Waals surface area contributed by atoms with E-state index in [4.69, 9.17) is 9.26 Å². The van der Waals surface area contributed by atoms with Crippen LogP contribution in [0.15, 0.2) is 33.9 Å². The van der Waals surface area contributed by atoms with Crippen molar-refractivity contribution in [3.8, 4) is 5.69 Å². The Morgan fingerprint density at radius 2 is 1.93 bits per heavy atom. The fourth-order valence-corrected chi connectivity index (χ4v) is 3.95. The summed E-state index contributed by atoms with van der Waals surface area (Å²) in [4.78, 5) is 6.65. The van der Waals surface area contributed by atoms with Gasteiger partial charge in [0.05, 0.1) is 24.2 Å². The minimum Gasteiger partial charge on any atom is -0.378 e. The van der Waals surface area contributed by atoms with Gasteiger partial charge < -0.3 is 14.2 Å². The van der Waals surface area contributed by atoms with Crippen LogP contribution in [-0.4, -0.2) is 51.2 Å². The molecule has 160 valence electrons. The SMILES string of the molecule is CC(Sc1nnc(N2CCOCC2)n1-c1cccc(F)c1)c1nc(C(C)(C)C)no1.